The molecule has 2 aromatic heterocycles. The number of nitrogens with two attached hydrogens (primary N) is 1. The van der Waals surface area contributed by atoms with Gasteiger partial charge in [-0.3, -0.25) is 10.4 Å². The van der Waals surface area contributed by atoms with Crippen LogP contribution in [-0.4, -0.2) is 23.4 Å². The van der Waals surface area contributed by atoms with Crippen molar-refractivity contribution in [3.63, 3.8) is 0 Å². The van der Waals surface area contributed by atoms with Gasteiger partial charge < -0.3 is 5.73 Å². The van der Waals surface area contributed by atoms with E-state index >= 15 is 0 Å². The zero-order valence-corrected chi connectivity index (χ0v) is 17.5. The minimum absolute atomic E-state index is 0.129. The molecule has 0 radical (unpaired) electrons. The number of fused-ring (bicyclic) bond motifs is 1. The number of nitrogens with zero attached hydrogens (tertiary/aromatic N) is 3. The van der Waals surface area contributed by atoms with Gasteiger partial charge in [0.05, 0.1) is 10.4 Å². The highest BCUT2D eigenvalue weighted by Crippen LogP contribution is 2.35. The Labute approximate surface area is 178 Å². The van der Waals surface area contributed by atoms with E-state index < -0.39 is 10.0 Å². The summed E-state index contributed by atoms with van der Waals surface area (Å²) in [5.41, 5.74) is 10.8. The average molecular weight is 439 g/mol. The lowest BCUT2D eigenvalue weighted by molar-refractivity contribution is 0.587. The molecule has 30 heavy (non-hydrogen) atoms. The molecule has 0 aliphatic rings. The molecule has 0 spiro atoms. The van der Waals surface area contributed by atoms with Crippen LogP contribution in [0.3, 0.4) is 0 Å². The molecule has 0 aliphatic heterocycles. The highest BCUT2D eigenvalue weighted by Gasteiger charge is 2.16. The van der Waals surface area contributed by atoms with E-state index in [1.54, 1.807) is 18.3 Å². The fourth-order valence-corrected chi connectivity index (χ4v) is 4.49. The highest BCUT2D eigenvalue weighted by molar-refractivity contribution is 7.99. The first-order valence-electron chi connectivity index (χ1n) is 8.90. The Morgan fingerprint density at radius 3 is 2.53 bits per heavy atom. The van der Waals surface area contributed by atoms with Gasteiger partial charge >= 0.3 is 0 Å². The molecule has 0 unspecified atom stereocenters. The fourth-order valence-electron chi connectivity index (χ4n) is 2.71. The Bertz CT molecular complexity index is 1310. The summed E-state index contributed by atoms with van der Waals surface area (Å²) in [6, 6.07) is 16.2. The number of nitrogens with one attached hydrogen (secondary N) is 2. The Hall–Kier alpha value is -3.21. The number of hydrogen-bond acceptors (Lipinski definition) is 8. The van der Waals surface area contributed by atoms with Crippen molar-refractivity contribution in [1.82, 2.24) is 19.8 Å². The third-order valence-electron chi connectivity index (χ3n) is 4.28. The average Bonchev–Trinajstić information content (AvgIpc) is 2.75. The number of aryl methyl sites for hydroxylation is 1. The van der Waals surface area contributed by atoms with Crippen LogP contribution in [0, 0.1) is 6.92 Å². The molecule has 0 saturated carbocycles. The molecule has 4 aromatic rings. The van der Waals surface area contributed by atoms with Crippen molar-refractivity contribution in [3.05, 3.63) is 72.7 Å². The van der Waals surface area contributed by atoms with E-state index in [4.69, 9.17) is 5.73 Å². The first-order valence-corrected chi connectivity index (χ1v) is 11.2. The zero-order valence-electron chi connectivity index (χ0n) is 15.9. The van der Waals surface area contributed by atoms with E-state index in [1.165, 1.54) is 30.2 Å². The van der Waals surface area contributed by atoms with Crippen LogP contribution >= 0.6 is 11.8 Å². The van der Waals surface area contributed by atoms with Gasteiger partial charge in [0, 0.05) is 16.5 Å². The Morgan fingerprint density at radius 1 is 0.967 bits per heavy atom. The minimum Gasteiger partial charge on any atom is -0.393 e. The van der Waals surface area contributed by atoms with Gasteiger partial charge in [0.15, 0.2) is 5.82 Å². The van der Waals surface area contributed by atoms with Crippen molar-refractivity contribution >= 4 is 44.2 Å². The SMILES string of the molecule is Cc1ccc(S(=O)(=O)NNc2ncnc(Sc3cccc4cccnc34)c2N)cc1. The highest BCUT2D eigenvalue weighted by atomic mass is 32.2. The topological polar surface area (TPSA) is 123 Å². The number of rotatable bonds is 6. The number of anilines is 2. The molecular formula is C20H18N6O2S2. The molecular weight excluding hydrogens is 420 g/mol. The molecule has 2 heterocycles. The summed E-state index contributed by atoms with van der Waals surface area (Å²) in [5, 5.41) is 1.49. The lowest BCUT2D eigenvalue weighted by Crippen LogP contribution is -2.30. The van der Waals surface area contributed by atoms with Crippen molar-refractivity contribution < 1.29 is 8.42 Å². The van der Waals surface area contributed by atoms with Crippen molar-refractivity contribution in [2.24, 2.45) is 0 Å². The van der Waals surface area contributed by atoms with E-state index in [2.05, 4.69) is 25.2 Å². The molecule has 0 fully saturated rings. The molecule has 10 heteroatoms. The first-order chi connectivity index (χ1) is 14.4. The standard InChI is InChI=1S/C20H18N6O2S2/c1-13-7-9-15(10-8-13)30(27,28)26-25-19-17(21)20(24-12-23-19)29-16-6-2-4-14-5-3-11-22-18(14)16/h2-12,26H,21H2,1H3,(H,23,24,25). The molecule has 0 aliphatic carbocycles. The molecule has 0 atom stereocenters. The van der Waals surface area contributed by atoms with E-state index in [-0.39, 0.29) is 16.4 Å². The smallest absolute Gasteiger partial charge is 0.257 e. The second-order valence-electron chi connectivity index (χ2n) is 6.42. The van der Waals surface area contributed by atoms with Gasteiger partial charge in [0.2, 0.25) is 0 Å². The van der Waals surface area contributed by atoms with Gasteiger partial charge in [0.1, 0.15) is 17.0 Å². The van der Waals surface area contributed by atoms with Crippen LogP contribution in [0.1, 0.15) is 5.56 Å². The molecule has 2 aromatic carbocycles. The van der Waals surface area contributed by atoms with E-state index in [0.717, 1.165) is 21.4 Å². The zero-order chi connectivity index (χ0) is 21.1. The molecule has 0 bridgehead atoms. The Balaban J connectivity index is 1.56. The molecule has 152 valence electrons. The van der Waals surface area contributed by atoms with Gasteiger partial charge in [-0.2, -0.15) is 0 Å². The maximum absolute atomic E-state index is 12.5. The maximum atomic E-state index is 12.5. The van der Waals surface area contributed by atoms with Crippen LogP contribution in [-0.2, 0) is 10.0 Å². The van der Waals surface area contributed by atoms with Crippen LogP contribution in [0.15, 0.2) is 81.9 Å². The third-order valence-corrected chi connectivity index (χ3v) is 6.62. The van der Waals surface area contributed by atoms with Gasteiger partial charge in [-0.25, -0.2) is 18.4 Å². The monoisotopic (exact) mass is 438 g/mol. The van der Waals surface area contributed by atoms with E-state index in [9.17, 15) is 8.42 Å². The fraction of sp³-hybridized carbons (Fsp3) is 0.0500. The molecule has 0 amide bonds. The number of hydrogen-bond donors (Lipinski definition) is 3. The van der Waals surface area contributed by atoms with Crippen LogP contribution in [0.5, 0.6) is 0 Å². The number of nitrogen functional groups attached to an aromatic ring is 1. The van der Waals surface area contributed by atoms with Crippen molar-refractivity contribution in [1.29, 1.82) is 0 Å². The third kappa shape index (κ3) is 4.20. The first kappa shape index (κ1) is 20.1. The van der Waals surface area contributed by atoms with Crippen molar-refractivity contribution in [2.45, 2.75) is 21.7 Å². The molecule has 4 N–H and O–H groups in total. The summed E-state index contributed by atoms with van der Waals surface area (Å²) >= 11 is 1.33. The summed E-state index contributed by atoms with van der Waals surface area (Å²) in [7, 11) is -3.79. The van der Waals surface area contributed by atoms with Crippen molar-refractivity contribution in [2.75, 3.05) is 11.2 Å². The summed E-state index contributed by atoms with van der Waals surface area (Å²) in [4.78, 5) is 16.0. The second-order valence-corrected chi connectivity index (χ2v) is 9.13. The van der Waals surface area contributed by atoms with E-state index in [1.807, 2.05) is 37.3 Å². The lowest BCUT2D eigenvalue weighted by atomic mass is 10.2. The number of para-hydroxylation sites is 1. The molecule has 0 saturated heterocycles. The maximum Gasteiger partial charge on any atom is 0.257 e. The normalized spacial score (nSPS) is 11.5. The van der Waals surface area contributed by atoms with Crippen LogP contribution in [0.2, 0.25) is 0 Å². The molecule has 8 nitrogen and oxygen atoms in total. The van der Waals surface area contributed by atoms with Gasteiger partial charge in [-0.05, 0) is 31.2 Å². The van der Waals surface area contributed by atoms with Crippen LogP contribution in [0.25, 0.3) is 10.9 Å². The van der Waals surface area contributed by atoms with Crippen molar-refractivity contribution in [3.8, 4) is 0 Å². The Morgan fingerprint density at radius 2 is 1.73 bits per heavy atom. The number of hydrazine groups is 1. The predicted molar refractivity (Wildman–Crippen MR) is 117 cm³/mol. The second kappa shape index (κ2) is 8.27. The van der Waals surface area contributed by atoms with Gasteiger partial charge in [-0.1, -0.05) is 47.7 Å². The number of benzene rings is 2. The van der Waals surface area contributed by atoms with Gasteiger partial charge in [0.25, 0.3) is 10.0 Å². The minimum atomic E-state index is -3.79. The Kier molecular flexibility index (Phi) is 5.53. The molecule has 4 rings (SSSR count). The summed E-state index contributed by atoms with van der Waals surface area (Å²) < 4.78 is 25.0. The quantitative estimate of drug-likeness (QED) is 0.309. The largest absolute Gasteiger partial charge is 0.393 e. The lowest BCUT2D eigenvalue weighted by Gasteiger charge is -2.12. The number of sulfonamides is 1. The summed E-state index contributed by atoms with van der Waals surface area (Å²) in [5.74, 6) is 0.163. The number of aromatic nitrogens is 3. The predicted octanol–water partition coefficient (Wildman–Crippen LogP) is 3.37. The van der Waals surface area contributed by atoms with Crippen LogP contribution < -0.4 is 16.0 Å². The summed E-state index contributed by atoms with van der Waals surface area (Å²) in [6.07, 6.45) is 3.04. The number of pyridine rings is 1. The van der Waals surface area contributed by atoms with E-state index in [0.29, 0.717) is 5.03 Å². The van der Waals surface area contributed by atoms with Crippen LogP contribution in [0.4, 0.5) is 11.5 Å². The summed E-state index contributed by atoms with van der Waals surface area (Å²) in [6.45, 7) is 1.88. The van der Waals surface area contributed by atoms with Gasteiger partial charge in [-0.15, -0.1) is 4.83 Å².